The average molecular weight is 250 g/mol. The number of rotatable bonds is 8. The highest BCUT2D eigenvalue weighted by atomic mass is 32.2. The minimum atomic E-state index is 0. The summed E-state index contributed by atoms with van der Waals surface area (Å²) in [6.07, 6.45) is 5.22. The van der Waals surface area contributed by atoms with Gasteiger partial charge in [-0.1, -0.05) is 39.8 Å². The zero-order chi connectivity index (χ0) is 11.1. The fourth-order valence-corrected chi connectivity index (χ4v) is 1.87. The van der Waals surface area contributed by atoms with E-state index in [4.69, 9.17) is 0 Å². The normalized spacial score (nSPS) is 8.13. The van der Waals surface area contributed by atoms with Crippen molar-refractivity contribution in [2.24, 2.45) is 0 Å². The molecule has 0 aromatic carbocycles. The van der Waals surface area contributed by atoms with Gasteiger partial charge >= 0.3 is 0 Å². The predicted molar refractivity (Wildman–Crippen MR) is 78.7 cm³/mol. The zero-order valence-electron chi connectivity index (χ0n) is 10.1. The van der Waals surface area contributed by atoms with Crippen molar-refractivity contribution in [3.63, 3.8) is 0 Å². The van der Waals surface area contributed by atoms with Gasteiger partial charge in [0.15, 0.2) is 0 Å². The topological polar surface area (TPSA) is 31.5 Å². The molecule has 0 unspecified atom stereocenters. The summed E-state index contributed by atoms with van der Waals surface area (Å²) in [4.78, 5) is 0. The first kappa shape index (κ1) is 20.5. The van der Waals surface area contributed by atoms with Crippen molar-refractivity contribution in [2.45, 2.75) is 39.5 Å². The molecule has 92 valence electrons. The molecule has 0 atom stereocenters. The fourth-order valence-electron chi connectivity index (χ4n) is 0.622. The van der Waals surface area contributed by atoms with Crippen LogP contribution in [-0.2, 0) is 0 Å². The van der Waals surface area contributed by atoms with Gasteiger partial charge in [-0.2, -0.15) is 0 Å². The fraction of sp³-hybridized carbons (Fsp3) is 0.667. The highest BCUT2D eigenvalue weighted by molar-refractivity contribution is 8.02. The summed E-state index contributed by atoms with van der Waals surface area (Å²) in [6.45, 7) is 11.6. The van der Waals surface area contributed by atoms with Gasteiger partial charge in [0.2, 0.25) is 0 Å². The smallest absolute Gasteiger partial charge is 0.00263 e. The van der Waals surface area contributed by atoms with Gasteiger partial charge in [0.1, 0.15) is 0 Å². The molecule has 0 rings (SSSR count). The summed E-state index contributed by atoms with van der Waals surface area (Å²) >= 11 is 3.59. The third-order valence-electron chi connectivity index (χ3n) is 1.47. The Labute approximate surface area is 104 Å². The van der Waals surface area contributed by atoms with E-state index in [0.717, 1.165) is 0 Å². The second-order valence-corrected chi connectivity index (χ2v) is 4.93. The van der Waals surface area contributed by atoms with E-state index < -0.39 is 0 Å². The maximum absolute atomic E-state index is 3.60. The van der Waals surface area contributed by atoms with Crippen LogP contribution in [0, 0.1) is 0 Å². The Morgan fingerprint density at radius 1 is 0.867 bits per heavy atom. The van der Waals surface area contributed by atoms with Crippen LogP contribution >= 0.6 is 23.5 Å². The predicted octanol–water partition coefficient (Wildman–Crippen LogP) is 4.50. The second-order valence-electron chi connectivity index (χ2n) is 2.78. The molecule has 0 heterocycles. The highest BCUT2D eigenvalue weighted by Gasteiger charge is 1.78. The lowest BCUT2D eigenvalue weighted by Crippen LogP contribution is -1.70. The van der Waals surface area contributed by atoms with Gasteiger partial charge in [0, 0.05) is 0 Å². The summed E-state index contributed by atoms with van der Waals surface area (Å²) in [5, 5.41) is 3.80. The summed E-state index contributed by atoms with van der Waals surface area (Å²) in [5.74, 6) is 2.47. The molecule has 15 heavy (non-hydrogen) atoms. The van der Waals surface area contributed by atoms with Crippen LogP contribution < -0.4 is 0 Å². The molecular weight excluding hydrogens is 224 g/mol. The summed E-state index contributed by atoms with van der Waals surface area (Å²) in [6, 6.07) is 0. The van der Waals surface area contributed by atoms with Gasteiger partial charge in [-0.3, -0.25) is 0 Å². The first-order valence-corrected chi connectivity index (χ1v) is 7.38. The van der Waals surface area contributed by atoms with E-state index in [2.05, 4.69) is 27.0 Å². The number of unbranched alkanes of at least 4 members (excludes halogenated alkanes) is 2. The van der Waals surface area contributed by atoms with Crippen molar-refractivity contribution >= 4 is 23.5 Å². The van der Waals surface area contributed by atoms with E-state index in [-0.39, 0.29) is 5.48 Å². The Balaban J connectivity index is -0.000000180. The monoisotopic (exact) mass is 250 g/mol. The Kier molecular flexibility index (Phi) is 32.5. The van der Waals surface area contributed by atoms with Crippen LogP contribution in [-0.4, -0.2) is 17.0 Å². The van der Waals surface area contributed by atoms with E-state index in [9.17, 15) is 0 Å². The summed E-state index contributed by atoms with van der Waals surface area (Å²) in [5.41, 5.74) is 0. The van der Waals surface area contributed by atoms with Crippen molar-refractivity contribution in [3.05, 3.63) is 24.0 Å². The average Bonchev–Trinajstić information content (AvgIpc) is 2.21. The molecule has 0 spiro atoms. The maximum atomic E-state index is 3.60. The van der Waals surface area contributed by atoms with Crippen LogP contribution in [0.5, 0.6) is 0 Å². The molecule has 0 aromatic heterocycles. The van der Waals surface area contributed by atoms with E-state index in [1.165, 1.54) is 37.2 Å². The molecule has 0 amide bonds. The van der Waals surface area contributed by atoms with Crippen LogP contribution in [0.2, 0.25) is 0 Å². The molecule has 2 N–H and O–H groups in total. The Hall–Kier alpha value is 0.140. The molecule has 3 heteroatoms. The Morgan fingerprint density at radius 2 is 1.20 bits per heavy atom. The van der Waals surface area contributed by atoms with Crippen molar-refractivity contribution in [3.8, 4) is 0 Å². The van der Waals surface area contributed by atoms with Crippen LogP contribution in [0.25, 0.3) is 0 Å². The van der Waals surface area contributed by atoms with Gasteiger partial charge in [0.05, 0.1) is 0 Å². The summed E-state index contributed by atoms with van der Waals surface area (Å²) in [7, 11) is 0. The Morgan fingerprint density at radius 3 is 1.40 bits per heavy atom. The number of hydrogen-bond donors (Lipinski definition) is 0. The first-order valence-electron chi connectivity index (χ1n) is 5.28. The van der Waals surface area contributed by atoms with Gasteiger partial charge < -0.3 is 5.48 Å². The van der Waals surface area contributed by atoms with Crippen molar-refractivity contribution in [1.82, 2.24) is 0 Å². The van der Waals surface area contributed by atoms with Gasteiger partial charge in [0.25, 0.3) is 0 Å². The molecule has 0 aliphatic carbocycles. The third-order valence-corrected chi connectivity index (χ3v) is 2.99. The molecule has 1 nitrogen and oxygen atoms in total. The molecule has 0 aliphatic rings. The number of hydrogen-bond acceptors (Lipinski definition) is 2. The third kappa shape index (κ3) is 31.5. The Bertz CT molecular complexity index is 102. The maximum Gasteiger partial charge on any atom is -0.00263 e. The minimum Gasteiger partial charge on any atom is -0.412 e. The number of thioether (sulfide) groups is 2. The van der Waals surface area contributed by atoms with Crippen molar-refractivity contribution in [2.75, 3.05) is 11.5 Å². The van der Waals surface area contributed by atoms with E-state index in [0.29, 0.717) is 0 Å². The van der Waals surface area contributed by atoms with E-state index in [1.54, 1.807) is 23.5 Å². The zero-order valence-corrected chi connectivity index (χ0v) is 11.8. The standard InChI is InChI=1S/2C6H12S.H2O/c2*1-3-5-6-7-4-2;/h2*4H,2-3,5-6H2,1H3;1H2. The van der Waals surface area contributed by atoms with Crippen molar-refractivity contribution < 1.29 is 5.48 Å². The summed E-state index contributed by atoms with van der Waals surface area (Å²) < 4.78 is 0. The minimum absolute atomic E-state index is 0. The van der Waals surface area contributed by atoms with E-state index in [1.807, 2.05) is 10.8 Å². The first-order chi connectivity index (χ1) is 6.83. The molecule has 0 aliphatic heterocycles. The van der Waals surface area contributed by atoms with Gasteiger partial charge in [-0.05, 0) is 35.2 Å². The molecule has 0 saturated carbocycles. The highest BCUT2D eigenvalue weighted by Crippen LogP contribution is 2.03. The molecule has 0 bridgehead atoms. The molecule has 0 radical (unpaired) electrons. The SMILES string of the molecule is C=CSCCCC.C=CSCCCC.O. The van der Waals surface area contributed by atoms with Crippen molar-refractivity contribution in [1.29, 1.82) is 0 Å². The van der Waals surface area contributed by atoms with Crippen LogP contribution in [0.4, 0.5) is 0 Å². The molecule has 0 saturated heterocycles. The lowest BCUT2D eigenvalue weighted by Gasteiger charge is -1.87. The van der Waals surface area contributed by atoms with Gasteiger partial charge in [-0.15, -0.1) is 23.5 Å². The molecular formula is C12H26OS2. The molecule has 0 aromatic rings. The lowest BCUT2D eigenvalue weighted by molar-refractivity contribution is 0.824. The van der Waals surface area contributed by atoms with E-state index >= 15 is 0 Å². The second kappa shape index (κ2) is 23.7. The van der Waals surface area contributed by atoms with Crippen LogP contribution in [0.3, 0.4) is 0 Å². The molecule has 0 fully saturated rings. The largest absolute Gasteiger partial charge is 0.412 e. The van der Waals surface area contributed by atoms with Gasteiger partial charge in [-0.25, -0.2) is 0 Å². The van der Waals surface area contributed by atoms with Crippen LogP contribution in [0.15, 0.2) is 24.0 Å². The van der Waals surface area contributed by atoms with Crippen LogP contribution in [0.1, 0.15) is 39.5 Å². The lowest BCUT2D eigenvalue weighted by atomic mass is 10.4. The quantitative estimate of drug-likeness (QED) is 0.594.